The molecule has 0 heterocycles. The maximum absolute atomic E-state index is 9.32. The van der Waals surface area contributed by atoms with E-state index in [0.717, 1.165) is 18.5 Å². The minimum absolute atomic E-state index is 0.389. The summed E-state index contributed by atoms with van der Waals surface area (Å²) in [6, 6.07) is 9.96. The molecule has 0 bridgehead atoms. The van der Waals surface area contributed by atoms with Crippen LogP contribution in [0.4, 0.5) is 5.69 Å². The summed E-state index contributed by atoms with van der Waals surface area (Å²) in [7, 11) is 0. The normalized spacial score (nSPS) is 27.4. The molecule has 17 heavy (non-hydrogen) atoms. The first-order valence-corrected chi connectivity index (χ1v) is 6.37. The van der Waals surface area contributed by atoms with Crippen LogP contribution in [-0.2, 0) is 0 Å². The van der Waals surface area contributed by atoms with E-state index in [9.17, 15) is 5.26 Å². The third kappa shape index (κ3) is 2.56. The molecule has 1 fully saturated rings. The Morgan fingerprint density at radius 3 is 2.71 bits per heavy atom. The molecule has 1 aromatic carbocycles. The van der Waals surface area contributed by atoms with E-state index < -0.39 is 0 Å². The molecule has 1 N–H and O–H groups in total. The lowest BCUT2D eigenvalue weighted by atomic mass is 9.64. The van der Waals surface area contributed by atoms with Gasteiger partial charge in [0.05, 0.1) is 6.07 Å². The Bertz CT molecular complexity index is 442. The number of hydrogen-bond acceptors (Lipinski definition) is 2. The maximum atomic E-state index is 9.32. The number of benzene rings is 1. The Morgan fingerprint density at radius 2 is 2.18 bits per heavy atom. The van der Waals surface area contributed by atoms with Crippen LogP contribution in [-0.4, -0.2) is 5.54 Å². The van der Waals surface area contributed by atoms with E-state index in [-0.39, 0.29) is 5.54 Å². The zero-order valence-electron chi connectivity index (χ0n) is 10.2. The third-order valence-electron chi connectivity index (χ3n) is 3.59. The van der Waals surface area contributed by atoms with Gasteiger partial charge in [-0.05, 0) is 42.9 Å². The molecular weight excluding hydrogens is 232 g/mol. The molecule has 0 saturated heterocycles. The largest absolute Gasteiger partial charge is 0.367 e. The number of anilines is 1. The summed E-state index contributed by atoms with van der Waals surface area (Å²) in [6.45, 7) is 4.43. The predicted octanol–water partition coefficient (Wildman–Crippen LogP) is 4.08. The zero-order valence-corrected chi connectivity index (χ0v) is 11.0. The van der Waals surface area contributed by atoms with E-state index in [1.165, 1.54) is 0 Å². The lowest BCUT2D eigenvalue weighted by molar-refractivity contribution is 0.165. The zero-order chi connectivity index (χ0) is 12.5. The van der Waals surface area contributed by atoms with Crippen LogP contribution in [0, 0.1) is 23.2 Å². The van der Waals surface area contributed by atoms with E-state index in [0.29, 0.717) is 16.9 Å². The van der Waals surface area contributed by atoms with Gasteiger partial charge in [-0.1, -0.05) is 31.5 Å². The summed E-state index contributed by atoms with van der Waals surface area (Å²) in [5.74, 6) is 1.30. The van der Waals surface area contributed by atoms with Crippen molar-refractivity contribution in [3.05, 3.63) is 29.3 Å². The highest BCUT2D eigenvalue weighted by Gasteiger charge is 2.45. The lowest BCUT2D eigenvalue weighted by Gasteiger charge is -2.45. The van der Waals surface area contributed by atoms with Crippen molar-refractivity contribution in [3.8, 4) is 6.07 Å². The van der Waals surface area contributed by atoms with Gasteiger partial charge in [-0.15, -0.1) is 0 Å². The van der Waals surface area contributed by atoms with Crippen LogP contribution in [0.15, 0.2) is 24.3 Å². The first kappa shape index (κ1) is 12.3. The number of hydrogen-bond donors (Lipinski definition) is 1. The second kappa shape index (κ2) is 4.58. The van der Waals surface area contributed by atoms with Crippen LogP contribution in [0.25, 0.3) is 0 Å². The summed E-state index contributed by atoms with van der Waals surface area (Å²) < 4.78 is 0. The van der Waals surface area contributed by atoms with Crippen LogP contribution in [0.5, 0.6) is 0 Å². The molecule has 0 amide bonds. The molecule has 0 radical (unpaired) electrons. The van der Waals surface area contributed by atoms with E-state index in [1.807, 2.05) is 24.3 Å². The quantitative estimate of drug-likeness (QED) is 0.875. The molecule has 2 rings (SSSR count). The molecule has 2 nitrogen and oxygen atoms in total. The Kier molecular flexibility index (Phi) is 3.31. The van der Waals surface area contributed by atoms with Gasteiger partial charge in [0.2, 0.25) is 0 Å². The van der Waals surface area contributed by atoms with E-state index >= 15 is 0 Å². The topological polar surface area (TPSA) is 35.8 Å². The van der Waals surface area contributed by atoms with Gasteiger partial charge in [-0.25, -0.2) is 0 Å². The number of nitrogens with zero attached hydrogens (tertiary/aromatic N) is 1. The molecule has 0 aromatic heterocycles. The van der Waals surface area contributed by atoms with Crippen LogP contribution in [0.1, 0.15) is 26.7 Å². The van der Waals surface area contributed by atoms with Gasteiger partial charge in [0.15, 0.2) is 0 Å². The third-order valence-corrected chi connectivity index (χ3v) is 3.82. The van der Waals surface area contributed by atoms with Crippen molar-refractivity contribution in [2.24, 2.45) is 11.8 Å². The smallest absolute Gasteiger partial charge is 0.125 e. The highest BCUT2D eigenvalue weighted by Crippen LogP contribution is 2.43. The van der Waals surface area contributed by atoms with Gasteiger partial charge in [0, 0.05) is 10.7 Å². The van der Waals surface area contributed by atoms with Gasteiger partial charge in [0.1, 0.15) is 5.54 Å². The Labute approximate surface area is 108 Å². The summed E-state index contributed by atoms with van der Waals surface area (Å²) in [5.41, 5.74) is 0.542. The molecule has 0 spiro atoms. The number of nitrogens with one attached hydrogen (secondary N) is 1. The summed E-state index contributed by atoms with van der Waals surface area (Å²) >= 11 is 5.93. The fourth-order valence-corrected chi connectivity index (χ4v) is 2.56. The molecule has 3 heteroatoms. The van der Waals surface area contributed by atoms with Crippen LogP contribution in [0.3, 0.4) is 0 Å². The van der Waals surface area contributed by atoms with Crippen molar-refractivity contribution in [3.63, 3.8) is 0 Å². The standard InChI is InChI=1S/C14H17ClN2/c1-10(2)11-7-14(8-11,9-16)17-13-5-3-4-12(15)6-13/h3-6,10-11,17H,7-8H2,1-2H3. The van der Waals surface area contributed by atoms with Crippen molar-refractivity contribution in [2.45, 2.75) is 32.2 Å². The fraction of sp³-hybridized carbons (Fsp3) is 0.500. The molecule has 0 unspecified atom stereocenters. The second-order valence-electron chi connectivity index (χ2n) is 5.24. The van der Waals surface area contributed by atoms with Gasteiger partial charge in [-0.2, -0.15) is 5.26 Å². The number of nitriles is 1. The molecule has 0 atom stereocenters. The van der Waals surface area contributed by atoms with Gasteiger partial charge in [0.25, 0.3) is 0 Å². The monoisotopic (exact) mass is 248 g/mol. The van der Waals surface area contributed by atoms with Gasteiger partial charge in [-0.3, -0.25) is 0 Å². The number of halogens is 1. The van der Waals surface area contributed by atoms with Crippen molar-refractivity contribution in [1.29, 1.82) is 5.26 Å². The lowest BCUT2D eigenvalue weighted by Crippen LogP contribution is -2.50. The van der Waals surface area contributed by atoms with Gasteiger partial charge < -0.3 is 5.32 Å². The molecule has 1 saturated carbocycles. The fourth-order valence-electron chi connectivity index (χ4n) is 2.37. The maximum Gasteiger partial charge on any atom is 0.125 e. The average Bonchev–Trinajstić information content (AvgIpc) is 2.22. The Balaban J connectivity index is 2.06. The van der Waals surface area contributed by atoms with E-state index in [4.69, 9.17) is 11.6 Å². The van der Waals surface area contributed by atoms with Crippen LogP contribution in [0.2, 0.25) is 5.02 Å². The molecule has 1 aliphatic carbocycles. The summed E-state index contributed by atoms with van der Waals surface area (Å²) in [5, 5.41) is 13.3. The molecule has 90 valence electrons. The summed E-state index contributed by atoms with van der Waals surface area (Å²) in [4.78, 5) is 0. The Hall–Kier alpha value is -1.20. The van der Waals surface area contributed by atoms with Crippen LogP contribution < -0.4 is 5.32 Å². The summed E-state index contributed by atoms with van der Waals surface area (Å²) in [6.07, 6.45) is 1.85. The van der Waals surface area contributed by atoms with Crippen molar-refractivity contribution >= 4 is 17.3 Å². The first-order valence-electron chi connectivity index (χ1n) is 6.00. The molecule has 0 aliphatic heterocycles. The van der Waals surface area contributed by atoms with Crippen molar-refractivity contribution in [1.82, 2.24) is 0 Å². The molecule has 1 aliphatic rings. The second-order valence-corrected chi connectivity index (χ2v) is 5.68. The van der Waals surface area contributed by atoms with E-state index in [1.54, 1.807) is 0 Å². The minimum Gasteiger partial charge on any atom is -0.367 e. The Morgan fingerprint density at radius 1 is 1.47 bits per heavy atom. The van der Waals surface area contributed by atoms with Gasteiger partial charge >= 0.3 is 0 Å². The van der Waals surface area contributed by atoms with E-state index in [2.05, 4.69) is 25.2 Å². The average molecular weight is 249 g/mol. The SMILES string of the molecule is CC(C)C1CC(C#N)(Nc2cccc(Cl)c2)C1. The molecular formula is C14H17ClN2. The van der Waals surface area contributed by atoms with Crippen molar-refractivity contribution in [2.75, 3.05) is 5.32 Å². The predicted molar refractivity (Wildman–Crippen MR) is 71.0 cm³/mol. The highest BCUT2D eigenvalue weighted by molar-refractivity contribution is 6.30. The first-order chi connectivity index (χ1) is 8.04. The minimum atomic E-state index is -0.389. The van der Waals surface area contributed by atoms with Crippen molar-refractivity contribution < 1.29 is 0 Å². The van der Waals surface area contributed by atoms with Crippen LogP contribution >= 0.6 is 11.6 Å². The molecule has 1 aromatic rings. The highest BCUT2D eigenvalue weighted by atomic mass is 35.5. The number of rotatable bonds is 3.